The van der Waals surface area contributed by atoms with Crippen LogP contribution in [0.3, 0.4) is 0 Å². The highest BCUT2D eigenvalue weighted by molar-refractivity contribution is 6.78. The first-order chi connectivity index (χ1) is 6.76. The van der Waals surface area contributed by atoms with Crippen LogP contribution >= 0.6 is 0 Å². The highest BCUT2D eigenvalue weighted by atomic mass is 28.3. The van der Waals surface area contributed by atoms with E-state index in [4.69, 9.17) is 9.47 Å². The Kier molecular flexibility index (Phi) is 3.31. The summed E-state index contributed by atoms with van der Waals surface area (Å²) in [5.41, 5.74) is -0.524. The number of hydrogen-bond donors (Lipinski definition) is 0. The number of hydrogen-bond acceptors (Lipinski definition) is 3. The van der Waals surface area contributed by atoms with Crippen LogP contribution in [0.4, 0.5) is 0 Å². The van der Waals surface area contributed by atoms with Crippen LogP contribution in [0.2, 0.25) is 19.6 Å². The minimum Gasteiger partial charge on any atom is -0.464 e. The molecule has 1 rings (SSSR count). The molecule has 3 nitrogen and oxygen atoms in total. The van der Waals surface area contributed by atoms with E-state index in [2.05, 4.69) is 19.6 Å². The van der Waals surface area contributed by atoms with Crippen molar-refractivity contribution >= 4 is 14.0 Å². The van der Waals surface area contributed by atoms with Crippen LogP contribution in [0.25, 0.3) is 0 Å². The molecule has 0 unspecified atom stereocenters. The van der Waals surface area contributed by atoms with Crippen LogP contribution in [0.1, 0.15) is 20.8 Å². The summed E-state index contributed by atoms with van der Waals surface area (Å²) in [7, 11) is -1.44. The molecule has 0 bridgehead atoms. The van der Waals surface area contributed by atoms with Gasteiger partial charge in [0.05, 0.1) is 20.4 Å². The Balaban J connectivity index is 2.83. The van der Waals surface area contributed by atoms with Gasteiger partial charge in [0.15, 0.2) is 5.60 Å². The molecule has 1 aliphatic rings. The van der Waals surface area contributed by atoms with Crippen LogP contribution in [0.5, 0.6) is 0 Å². The molecular formula is C11H22O3Si. The van der Waals surface area contributed by atoms with Crippen LogP contribution in [0.15, 0.2) is 0 Å². The lowest BCUT2D eigenvalue weighted by molar-refractivity contribution is -0.151. The van der Waals surface area contributed by atoms with Gasteiger partial charge in [-0.3, -0.25) is 0 Å². The fourth-order valence-electron chi connectivity index (χ4n) is 2.05. The van der Waals surface area contributed by atoms with Crippen molar-refractivity contribution in [2.45, 2.75) is 51.7 Å². The molecule has 0 aliphatic carbocycles. The summed E-state index contributed by atoms with van der Waals surface area (Å²) in [6, 6.07) is 0. The van der Waals surface area contributed by atoms with Gasteiger partial charge in [0.2, 0.25) is 0 Å². The summed E-state index contributed by atoms with van der Waals surface area (Å²) in [5.74, 6) is 0.0145. The van der Waals surface area contributed by atoms with Gasteiger partial charge in [0, 0.05) is 0 Å². The molecule has 0 spiro atoms. The maximum absolute atomic E-state index is 11.9. The minimum absolute atomic E-state index is 0.115. The SMILES string of the molecule is CCOC(=O)[C@]1(C(C)C)O[C@@H]1[Si](C)(C)C. The lowest BCUT2D eigenvalue weighted by atomic mass is 9.97. The summed E-state index contributed by atoms with van der Waals surface area (Å²) in [6.45, 7) is 13.0. The molecule has 0 aromatic carbocycles. The second-order valence-corrected chi connectivity index (χ2v) is 10.8. The molecule has 0 aromatic heterocycles. The third-order valence-corrected chi connectivity index (χ3v) is 5.00. The van der Waals surface area contributed by atoms with E-state index in [-0.39, 0.29) is 17.6 Å². The van der Waals surface area contributed by atoms with E-state index in [9.17, 15) is 4.79 Å². The summed E-state index contributed by atoms with van der Waals surface area (Å²) in [5, 5.41) is 0. The minimum atomic E-state index is -1.44. The number of rotatable bonds is 4. The van der Waals surface area contributed by atoms with Gasteiger partial charge in [0.25, 0.3) is 0 Å². The molecule has 1 fully saturated rings. The zero-order chi connectivity index (χ0) is 11.9. The molecule has 2 atom stereocenters. The molecule has 1 aliphatic heterocycles. The van der Waals surface area contributed by atoms with E-state index in [1.54, 1.807) is 0 Å². The van der Waals surface area contributed by atoms with Crippen molar-refractivity contribution in [3.05, 3.63) is 0 Å². The average Bonchev–Trinajstić information content (AvgIpc) is 2.78. The topological polar surface area (TPSA) is 38.8 Å². The van der Waals surface area contributed by atoms with Gasteiger partial charge in [-0.1, -0.05) is 33.5 Å². The first kappa shape index (κ1) is 12.7. The van der Waals surface area contributed by atoms with E-state index in [1.807, 2.05) is 20.8 Å². The predicted molar refractivity (Wildman–Crippen MR) is 62.4 cm³/mol. The zero-order valence-corrected chi connectivity index (χ0v) is 11.6. The van der Waals surface area contributed by atoms with Crippen molar-refractivity contribution in [3.8, 4) is 0 Å². The Morgan fingerprint density at radius 2 is 2.00 bits per heavy atom. The highest BCUT2D eigenvalue weighted by Gasteiger charge is 2.69. The average molecular weight is 230 g/mol. The standard InChI is InChI=1S/C11H22O3Si/c1-7-13-9(12)11(8(2)3)10(14-11)15(4,5)6/h8,10H,7H2,1-6H3/t10-,11+/m1/s1. The molecular weight excluding hydrogens is 208 g/mol. The Morgan fingerprint density at radius 1 is 1.47 bits per heavy atom. The van der Waals surface area contributed by atoms with E-state index in [1.165, 1.54) is 0 Å². The van der Waals surface area contributed by atoms with Crippen molar-refractivity contribution in [3.63, 3.8) is 0 Å². The number of epoxide rings is 1. The molecule has 88 valence electrons. The van der Waals surface area contributed by atoms with Crippen LogP contribution in [-0.4, -0.2) is 32.0 Å². The van der Waals surface area contributed by atoms with Gasteiger partial charge in [-0.2, -0.15) is 0 Å². The quantitative estimate of drug-likeness (QED) is 0.422. The summed E-state index contributed by atoms with van der Waals surface area (Å²) in [6.07, 6.45) is 0. The number of carbonyl (C=O) groups excluding carboxylic acids is 1. The number of carbonyl (C=O) groups is 1. The lowest BCUT2D eigenvalue weighted by Gasteiger charge is -2.20. The van der Waals surface area contributed by atoms with Gasteiger partial charge < -0.3 is 9.47 Å². The first-order valence-corrected chi connectivity index (χ1v) is 9.19. The largest absolute Gasteiger partial charge is 0.464 e. The normalized spacial score (nSPS) is 30.5. The molecule has 0 N–H and O–H groups in total. The summed E-state index contributed by atoms with van der Waals surface area (Å²) < 4.78 is 10.8. The maximum atomic E-state index is 11.9. The van der Waals surface area contributed by atoms with Gasteiger partial charge in [-0.05, 0) is 12.8 Å². The lowest BCUT2D eigenvalue weighted by Crippen LogP contribution is -2.43. The Hall–Kier alpha value is -0.353. The molecule has 0 aromatic rings. The molecule has 0 saturated carbocycles. The number of ether oxygens (including phenoxy) is 2. The monoisotopic (exact) mass is 230 g/mol. The third kappa shape index (κ3) is 2.11. The first-order valence-electron chi connectivity index (χ1n) is 5.61. The Labute approximate surface area is 93.2 Å². The maximum Gasteiger partial charge on any atom is 0.341 e. The molecule has 0 amide bonds. The van der Waals surface area contributed by atoms with Crippen molar-refractivity contribution < 1.29 is 14.3 Å². The van der Waals surface area contributed by atoms with E-state index < -0.39 is 13.7 Å². The van der Waals surface area contributed by atoms with Crippen molar-refractivity contribution in [2.24, 2.45) is 5.92 Å². The molecule has 1 heterocycles. The summed E-state index contributed by atoms with van der Waals surface area (Å²) in [4.78, 5) is 11.9. The molecule has 0 radical (unpaired) electrons. The van der Waals surface area contributed by atoms with E-state index in [0.29, 0.717) is 6.61 Å². The van der Waals surface area contributed by atoms with Crippen molar-refractivity contribution in [1.82, 2.24) is 0 Å². The van der Waals surface area contributed by atoms with Crippen LogP contribution in [0, 0.1) is 5.92 Å². The number of esters is 1. The molecule has 1 saturated heterocycles. The van der Waals surface area contributed by atoms with Crippen molar-refractivity contribution in [1.29, 1.82) is 0 Å². The highest BCUT2D eigenvalue weighted by Crippen LogP contribution is 2.48. The second-order valence-electron chi connectivity index (χ2n) is 5.53. The van der Waals surface area contributed by atoms with Crippen LogP contribution < -0.4 is 0 Å². The van der Waals surface area contributed by atoms with Gasteiger partial charge in [0.1, 0.15) is 0 Å². The second kappa shape index (κ2) is 3.90. The Morgan fingerprint density at radius 3 is 2.27 bits per heavy atom. The smallest absolute Gasteiger partial charge is 0.341 e. The fraction of sp³-hybridized carbons (Fsp3) is 0.909. The van der Waals surface area contributed by atoms with Crippen LogP contribution in [-0.2, 0) is 14.3 Å². The molecule has 15 heavy (non-hydrogen) atoms. The van der Waals surface area contributed by atoms with E-state index >= 15 is 0 Å². The summed E-state index contributed by atoms with van der Waals surface area (Å²) >= 11 is 0. The third-order valence-electron chi connectivity index (χ3n) is 2.88. The van der Waals surface area contributed by atoms with Gasteiger partial charge in [-0.25, -0.2) is 4.79 Å². The zero-order valence-electron chi connectivity index (χ0n) is 10.6. The van der Waals surface area contributed by atoms with Gasteiger partial charge in [-0.15, -0.1) is 0 Å². The van der Waals surface area contributed by atoms with Gasteiger partial charge >= 0.3 is 5.97 Å². The van der Waals surface area contributed by atoms with Crippen molar-refractivity contribution in [2.75, 3.05) is 6.61 Å². The fourth-order valence-corrected chi connectivity index (χ4v) is 4.34. The predicted octanol–water partition coefficient (Wildman–Crippen LogP) is 2.22. The van der Waals surface area contributed by atoms with E-state index in [0.717, 1.165) is 0 Å². The molecule has 4 heteroatoms. The Bertz CT molecular complexity index is 257.